The van der Waals surface area contributed by atoms with Crippen LogP contribution in [0.15, 0.2) is 70.3 Å². The number of carbonyl (C=O) groups excluding carboxylic acids is 1. The molecule has 4 aromatic rings. The van der Waals surface area contributed by atoms with Gasteiger partial charge in [0.2, 0.25) is 11.0 Å². The lowest BCUT2D eigenvalue weighted by Crippen LogP contribution is -2.48. The number of nitrogens with zero attached hydrogens (tertiary/aromatic N) is 2. The molecular formula is C24H18F4N4O4S. The summed E-state index contributed by atoms with van der Waals surface area (Å²) in [6.07, 6.45) is -2.55. The van der Waals surface area contributed by atoms with Crippen LogP contribution < -0.4 is 10.0 Å². The van der Waals surface area contributed by atoms with E-state index in [0.717, 1.165) is 24.3 Å². The first kappa shape index (κ1) is 24.8. The number of hydrogen-bond acceptors (Lipinski definition) is 6. The van der Waals surface area contributed by atoms with Gasteiger partial charge in [-0.15, -0.1) is 0 Å². The van der Waals surface area contributed by atoms with E-state index >= 15 is 0 Å². The van der Waals surface area contributed by atoms with E-state index in [-0.39, 0.29) is 30.4 Å². The van der Waals surface area contributed by atoms with Crippen LogP contribution in [-0.4, -0.2) is 30.1 Å². The Morgan fingerprint density at radius 1 is 1.05 bits per heavy atom. The maximum atomic E-state index is 13.4. The predicted molar refractivity (Wildman–Crippen MR) is 123 cm³/mol. The van der Waals surface area contributed by atoms with Gasteiger partial charge in [-0.05, 0) is 54.8 Å². The molecule has 1 fully saturated rings. The zero-order chi connectivity index (χ0) is 26.4. The summed E-state index contributed by atoms with van der Waals surface area (Å²) in [7, 11) is -4.22. The van der Waals surface area contributed by atoms with Gasteiger partial charge in [0.15, 0.2) is 0 Å². The summed E-state index contributed by atoms with van der Waals surface area (Å²) in [6, 6.07) is 10.8. The number of carbonyl (C=O) groups is 1. The molecule has 1 aliphatic carbocycles. The molecule has 0 spiro atoms. The summed E-state index contributed by atoms with van der Waals surface area (Å²) in [4.78, 5) is 12.9. The second-order valence-corrected chi connectivity index (χ2v) is 10.3. The highest BCUT2D eigenvalue weighted by atomic mass is 32.2. The maximum Gasteiger partial charge on any atom is 0.416 e. The van der Waals surface area contributed by atoms with E-state index in [1.54, 1.807) is 6.07 Å². The fourth-order valence-corrected chi connectivity index (χ4v) is 5.15. The van der Waals surface area contributed by atoms with Crippen LogP contribution in [0, 0.1) is 5.82 Å². The fourth-order valence-electron chi connectivity index (χ4n) is 3.76. The first-order valence-corrected chi connectivity index (χ1v) is 12.4. The molecule has 2 N–H and O–H groups in total. The first-order chi connectivity index (χ1) is 17.5. The molecule has 0 aliphatic heterocycles. The summed E-state index contributed by atoms with van der Waals surface area (Å²) in [6.45, 7) is -0.0185. The number of benzene rings is 2. The molecule has 1 aliphatic rings. The number of amides is 1. The van der Waals surface area contributed by atoms with Gasteiger partial charge in [0.05, 0.1) is 17.5 Å². The first-order valence-electron chi connectivity index (χ1n) is 11.0. The van der Waals surface area contributed by atoms with E-state index in [4.69, 9.17) is 4.42 Å². The Morgan fingerprint density at radius 2 is 1.78 bits per heavy atom. The molecule has 0 radical (unpaired) electrons. The summed E-state index contributed by atoms with van der Waals surface area (Å²) in [5.41, 5.74) is -0.741. The van der Waals surface area contributed by atoms with Gasteiger partial charge in [0.1, 0.15) is 16.9 Å². The highest BCUT2D eigenvalue weighted by Crippen LogP contribution is 2.38. The number of furan rings is 1. The van der Waals surface area contributed by atoms with Gasteiger partial charge in [0, 0.05) is 23.6 Å². The third-order valence-electron chi connectivity index (χ3n) is 5.91. The molecule has 1 amide bonds. The third-order valence-corrected chi connectivity index (χ3v) is 7.30. The van der Waals surface area contributed by atoms with Crippen LogP contribution in [0.1, 0.15) is 24.0 Å². The summed E-state index contributed by atoms with van der Waals surface area (Å²) >= 11 is 0. The molecule has 0 unspecified atom stereocenters. The molecule has 0 bridgehead atoms. The third kappa shape index (κ3) is 5.18. The smallest absolute Gasteiger partial charge is 0.416 e. The van der Waals surface area contributed by atoms with Crippen LogP contribution in [0.25, 0.3) is 22.2 Å². The maximum absolute atomic E-state index is 13.4. The Labute approximate surface area is 207 Å². The number of fused-ring (bicyclic) bond motifs is 1. The van der Waals surface area contributed by atoms with Gasteiger partial charge < -0.3 is 9.73 Å². The molecule has 1 saturated carbocycles. The molecule has 13 heteroatoms. The molecule has 192 valence electrons. The van der Waals surface area contributed by atoms with Gasteiger partial charge in [0.25, 0.3) is 10.0 Å². The van der Waals surface area contributed by atoms with E-state index in [9.17, 15) is 30.8 Å². The topological polar surface area (TPSA) is 114 Å². The Morgan fingerprint density at radius 3 is 2.46 bits per heavy atom. The predicted octanol–water partition coefficient (Wildman–Crippen LogP) is 4.18. The number of rotatable bonds is 7. The van der Waals surface area contributed by atoms with Crippen molar-refractivity contribution in [1.82, 2.24) is 20.2 Å². The van der Waals surface area contributed by atoms with Gasteiger partial charge in [-0.2, -0.15) is 28.1 Å². The Balaban J connectivity index is 1.26. The van der Waals surface area contributed by atoms with E-state index in [2.05, 4.69) is 20.2 Å². The average Bonchev–Trinajstić information content (AvgIpc) is 3.49. The molecule has 37 heavy (non-hydrogen) atoms. The number of aromatic nitrogens is 2. The number of nitrogens with one attached hydrogen (secondary N) is 2. The number of sulfonamides is 1. The van der Waals surface area contributed by atoms with Gasteiger partial charge >= 0.3 is 6.18 Å². The van der Waals surface area contributed by atoms with Crippen molar-refractivity contribution in [3.8, 4) is 11.3 Å². The van der Waals surface area contributed by atoms with Crippen molar-refractivity contribution in [2.24, 2.45) is 0 Å². The summed E-state index contributed by atoms with van der Waals surface area (Å²) in [5.74, 6) is -1.11. The normalized spacial score (nSPS) is 15.0. The molecule has 2 heterocycles. The van der Waals surface area contributed by atoms with Crippen LogP contribution in [-0.2, 0) is 27.5 Å². The van der Waals surface area contributed by atoms with Crippen molar-refractivity contribution in [1.29, 1.82) is 0 Å². The highest BCUT2D eigenvalue weighted by Gasteiger charge is 2.53. The van der Waals surface area contributed by atoms with Crippen molar-refractivity contribution in [3.05, 3.63) is 77.7 Å². The lowest BCUT2D eigenvalue weighted by atomic mass is 10.1. The zero-order valence-corrected chi connectivity index (χ0v) is 19.7. The molecule has 0 atom stereocenters. The molecule has 8 nitrogen and oxygen atoms in total. The van der Waals surface area contributed by atoms with Crippen molar-refractivity contribution in [3.63, 3.8) is 0 Å². The standard InChI is InChI=1S/C24H18F4N4O4S/c25-18-5-6-20-16(10-18)11-21(36-20)37(34,35)32-23(7-8-23)22(33)29-12-14-9-19(31-30-13-14)15-1-3-17(4-2-15)24(26,27)28/h1-6,9-11,13,32H,7-8,12H2,(H,29,33). The number of halogens is 4. The Hall–Kier alpha value is -3.84. The van der Waals surface area contributed by atoms with E-state index in [1.165, 1.54) is 30.5 Å². The lowest BCUT2D eigenvalue weighted by Gasteiger charge is -2.16. The minimum absolute atomic E-state index is 0.0185. The largest absolute Gasteiger partial charge is 0.443 e. The Bertz CT molecular complexity index is 1600. The van der Waals surface area contributed by atoms with Gasteiger partial charge in [-0.3, -0.25) is 4.79 Å². The SMILES string of the molecule is O=C(NCc1cnnc(-c2ccc(C(F)(F)F)cc2)c1)C1(NS(=O)(=O)c2cc3cc(F)ccc3o2)CC1. The van der Waals surface area contributed by atoms with Crippen molar-refractivity contribution < 1.29 is 35.2 Å². The molecule has 2 aromatic heterocycles. The van der Waals surface area contributed by atoms with Crippen LogP contribution in [0.4, 0.5) is 17.6 Å². The second kappa shape index (κ2) is 8.92. The monoisotopic (exact) mass is 534 g/mol. The molecule has 5 rings (SSSR count). The number of alkyl halides is 3. The quantitative estimate of drug-likeness (QED) is 0.344. The minimum atomic E-state index is -4.46. The average molecular weight is 534 g/mol. The van der Waals surface area contributed by atoms with Crippen LogP contribution >= 0.6 is 0 Å². The fraction of sp³-hybridized carbons (Fsp3) is 0.208. The van der Waals surface area contributed by atoms with Crippen molar-refractivity contribution >= 4 is 26.9 Å². The molecular weight excluding hydrogens is 516 g/mol. The molecule has 2 aromatic carbocycles. The Kier molecular flexibility index (Phi) is 5.99. The van der Waals surface area contributed by atoms with Gasteiger partial charge in [-0.1, -0.05) is 12.1 Å². The minimum Gasteiger partial charge on any atom is -0.443 e. The zero-order valence-electron chi connectivity index (χ0n) is 18.8. The number of hydrogen-bond donors (Lipinski definition) is 2. The van der Waals surface area contributed by atoms with Crippen molar-refractivity contribution in [2.75, 3.05) is 0 Å². The summed E-state index contributed by atoms with van der Waals surface area (Å²) in [5, 5.41) is 10.2. The van der Waals surface area contributed by atoms with E-state index in [1.807, 2.05) is 0 Å². The second-order valence-electron chi connectivity index (χ2n) is 8.64. The van der Waals surface area contributed by atoms with E-state index in [0.29, 0.717) is 16.8 Å². The van der Waals surface area contributed by atoms with Crippen LogP contribution in [0.2, 0.25) is 0 Å². The lowest BCUT2D eigenvalue weighted by molar-refractivity contribution is -0.137. The van der Waals surface area contributed by atoms with Gasteiger partial charge in [-0.25, -0.2) is 12.8 Å². The van der Waals surface area contributed by atoms with Crippen LogP contribution in [0.5, 0.6) is 0 Å². The van der Waals surface area contributed by atoms with Crippen LogP contribution in [0.3, 0.4) is 0 Å². The molecule has 0 saturated heterocycles. The van der Waals surface area contributed by atoms with E-state index < -0.39 is 44.1 Å². The highest BCUT2D eigenvalue weighted by molar-refractivity contribution is 7.89. The van der Waals surface area contributed by atoms with Crippen molar-refractivity contribution in [2.45, 2.75) is 36.2 Å². The summed E-state index contributed by atoms with van der Waals surface area (Å²) < 4.78 is 85.2.